The zero-order valence-corrected chi connectivity index (χ0v) is 11.9. The van der Waals surface area contributed by atoms with Crippen molar-refractivity contribution in [1.29, 1.82) is 0 Å². The number of hydrogen-bond donors (Lipinski definition) is 1. The van der Waals surface area contributed by atoms with Gasteiger partial charge in [-0.05, 0) is 30.9 Å². The topological polar surface area (TPSA) is 55.4 Å². The molecule has 1 atom stereocenters. The van der Waals surface area contributed by atoms with Gasteiger partial charge in [0.25, 0.3) is 5.91 Å². The molecule has 1 aromatic carbocycles. The average Bonchev–Trinajstić information content (AvgIpc) is 2.36. The van der Waals surface area contributed by atoms with Gasteiger partial charge in [-0.2, -0.15) is 0 Å². The summed E-state index contributed by atoms with van der Waals surface area (Å²) in [5.41, 5.74) is 1.47. The third-order valence-electron chi connectivity index (χ3n) is 2.89. The second-order valence-electron chi connectivity index (χ2n) is 4.99. The molecule has 1 rings (SSSR count). The first-order valence-electron chi connectivity index (χ1n) is 6.40. The molecule has 1 N–H and O–H groups in total. The van der Waals surface area contributed by atoms with Gasteiger partial charge in [0.2, 0.25) is 0 Å². The number of hydrogen-bond acceptors (Lipinski definition) is 3. The number of amides is 1. The number of aryl methyl sites for hydroxylation is 1. The van der Waals surface area contributed by atoms with E-state index in [2.05, 4.69) is 5.32 Å². The predicted molar refractivity (Wildman–Crippen MR) is 73.9 cm³/mol. The Balaban J connectivity index is 2.82. The van der Waals surface area contributed by atoms with Crippen LogP contribution < -0.4 is 5.32 Å². The van der Waals surface area contributed by atoms with Gasteiger partial charge in [0.1, 0.15) is 6.04 Å². The molecule has 0 spiro atoms. The molecule has 4 nitrogen and oxygen atoms in total. The second-order valence-corrected chi connectivity index (χ2v) is 4.99. The van der Waals surface area contributed by atoms with Crippen LogP contribution >= 0.6 is 0 Å². The van der Waals surface area contributed by atoms with Crippen molar-refractivity contribution in [2.75, 3.05) is 7.11 Å². The monoisotopic (exact) mass is 263 g/mol. The highest BCUT2D eigenvalue weighted by molar-refractivity contribution is 5.97. The summed E-state index contributed by atoms with van der Waals surface area (Å²) in [7, 11) is 1.33. The highest BCUT2D eigenvalue weighted by Gasteiger charge is 2.23. The number of nitrogens with one attached hydrogen (secondary N) is 1. The largest absolute Gasteiger partial charge is 0.467 e. The maximum Gasteiger partial charge on any atom is 0.328 e. The van der Waals surface area contributed by atoms with Crippen molar-refractivity contribution in [2.24, 2.45) is 5.92 Å². The average molecular weight is 263 g/mol. The van der Waals surface area contributed by atoms with Gasteiger partial charge in [0, 0.05) is 5.56 Å². The van der Waals surface area contributed by atoms with E-state index in [1.807, 2.05) is 32.9 Å². The first-order chi connectivity index (χ1) is 8.95. The highest BCUT2D eigenvalue weighted by atomic mass is 16.5. The van der Waals surface area contributed by atoms with E-state index in [1.165, 1.54) is 7.11 Å². The molecule has 104 valence electrons. The van der Waals surface area contributed by atoms with Gasteiger partial charge >= 0.3 is 5.97 Å². The van der Waals surface area contributed by atoms with Crippen LogP contribution in [0.2, 0.25) is 0 Å². The molecule has 19 heavy (non-hydrogen) atoms. The van der Waals surface area contributed by atoms with E-state index in [1.54, 1.807) is 12.1 Å². The number of ether oxygens (including phenoxy) is 1. The molecule has 0 saturated carbocycles. The Morgan fingerprint density at radius 3 is 2.42 bits per heavy atom. The molecular weight excluding hydrogens is 242 g/mol. The van der Waals surface area contributed by atoms with Crippen molar-refractivity contribution >= 4 is 11.9 Å². The fourth-order valence-electron chi connectivity index (χ4n) is 1.89. The maximum atomic E-state index is 12.2. The van der Waals surface area contributed by atoms with Gasteiger partial charge in [-0.3, -0.25) is 4.79 Å². The van der Waals surface area contributed by atoms with Crippen LogP contribution in [-0.2, 0) is 9.53 Å². The van der Waals surface area contributed by atoms with Crippen LogP contribution in [0.25, 0.3) is 0 Å². The number of esters is 1. The molecule has 0 heterocycles. The minimum absolute atomic E-state index is 0.242. The zero-order chi connectivity index (χ0) is 14.4. The van der Waals surface area contributed by atoms with Gasteiger partial charge in [-0.1, -0.05) is 32.0 Å². The van der Waals surface area contributed by atoms with Crippen molar-refractivity contribution in [3.63, 3.8) is 0 Å². The van der Waals surface area contributed by atoms with Crippen LogP contribution in [-0.4, -0.2) is 25.0 Å². The van der Waals surface area contributed by atoms with E-state index in [4.69, 9.17) is 4.74 Å². The van der Waals surface area contributed by atoms with Gasteiger partial charge in [0.15, 0.2) is 0 Å². The van der Waals surface area contributed by atoms with Crippen molar-refractivity contribution in [3.8, 4) is 0 Å². The first-order valence-corrected chi connectivity index (χ1v) is 6.40. The number of carbonyl (C=O) groups excluding carboxylic acids is 2. The molecule has 0 aliphatic rings. The number of carbonyl (C=O) groups is 2. The summed E-state index contributed by atoms with van der Waals surface area (Å²) in [6.07, 6.45) is 0.560. The Labute approximate surface area is 114 Å². The van der Waals surface area contributed by atoms with Crippen LogP contribution in [0.1, 0.15) is 36.2 Å². The van der Waals surface area contributed by atoms with Crippen molar-refractivity contribution in [3.05, 3.63) is 35.4 Å². The maximum absolute atomic E-state index is 12.2. The third kappa shape index (κ3) is 4.39. The molecule has 0 aliphatic carbocycles. The second kappa shape index (κ2) is 6.92. The van der Waals surface area contributed by atoms with E-state index < -0.39 is 12.0 Å². The van der Waals surface area contributed by atoms with Crippen molar-refractivity contribution in [1.82, 2.24) is 5.32 Å². The Kier molecular flexibility index (Phi) is 5.55. The predicted octanol–water partition coefficient (Wildman–Crippen LogP) is 2.31. The molecule has 0 unspecified atom stereocenters. The lowest BCUT2D eigenvalue weighted by atomic mass is 10.0. The van der Waals surface area contributed by atoms with Gasteiger partial charge in [0.05, 0.1) is 7.11 Å². The van der Waals surface area contributed by atoms with Crippen molar-refractivity contribution in [2.45, 2.75) is 33.2 Å². The molecule has 1 aromatic rings. The lowest BCUT2D eigenvalue weighted by Crippen LogP contribution is -2.42. The lowest BCUT2D eigenvalue weighted by Gasteiger charge is -2.18. The van der Waals surface area contributed by atoms with Gasteiger partial charge in [-0.15, -0.1) is 0 Å². The quantitative estimate of drug-likeness (QED) is 0.829. The smallest absolute Gasteiger partial charge is 0.328 e. The summed E-state index contributed by atoms with van der Waals surface area (Å²) in [6.45, 7) is 5.86. The van der Waals surface area contributed by atoms with E-state index >= 15 is 0 Å². The number of benzene rings is 1. The van der Waals surface area contributed by atoms with Crippen LogP contribution in [0.4, 0.5) is 0 Å². The summed E-state index contributed by atoms with van der Waals surface area (Å²) in [5, 5.41) is 2.74. The highest BCUT2D eigenvalue weighted by Crippen LogP contribution is 2.10. The Morgan fingerprint density at radius 2 is 1.89 bits per heavy atom. The lowest BCUT2D eigenvalue weighted by molar-refractivity contribution is -0.143. The summed E-state index contributed by atoms with van der Waals surface area (Å²) in [4.78, 5) is 23.8. The SMILES string of the molecule is COC(=O)[C@@H](CC(C)C)NC(=O)c1ccccc1C. The zero-order valence-electron chi connectivity index (χ0n) is 11.9. The van der Waals surface area contributed by atoms with Crippen LogP contribution in [0, 0.1) is 12.8 Å². The number of methoxy groups -OCH3 is 1. The molecule has 0 bridgehead atoms. The minimum atomic E-state index is -0.600. The van der Waals surface area contributed by atoms with Gasteiger partial charge in [-0.25, -0.2) is 4.79 Å². The fraction of sp³-hybridized carbons (Fsp3) is 0.467. The summed E-state index contributed by atoms with van der Waals surface area (Å²) < 4.78 is 4.73. The van der Waals surface area contributed by atoms with Crippen LogP contribution in [0.5, 0.6) is 0 Å². The molecule has 0 aliphatic heterocycles. The van der Waals surface area contributed by atoms with Gasteiger partial charge < -0.3 is 10.1 Å². The molecule has 1 amide bonds. The molecular formula is C15H21NO3. The Bertz CT molecular complexity index is 454. The molecule has 0 fully saturated rings. The summed E-state index contributed by atoms with van der Waals surface area (Å²) in [6, 6.07) is 6.69. The summed E-state index contributed by atoms with van der Waals surface area (Å²) >= 11 is 0. The molecule has 0 saturated heterocycles. The normalized spacial score (nSPS) is 12.1. The van der Waals surface area contributed by atoms with Crippen LogP contribution in [0.15, 0.2) is 24.3 Å². The molecule has 4 heteroatoms. The van der Waals surface area contributed by atoms with Crippen LogP contribution in [0.3, 0.4) is 0 Å². The fourth-order valence-corrected chi connectivity index (χ4v) is 1.89. The standard InChI is InChI=1S/C15H21NO3/c1-10(2)9-13(15(18)19-4)16-14(17)12-8-6-5-7-11(12)3/h5-8,10,13H,9H2,1-4H3,(H,16,17)/t13-/m1/s1. The van der Waals surface area contributed by atoms with E-state index in [0.29, 0.717) is 17.9 Å². The van der Waals surface area contributed by atoms with Crippen molar-refractivity contribution < 1.29 is 14.3 Å². The Hall–Kier alpha value is -1.84. The van der Waals surface area contributed by atoms with E-state index in [0.717, 1.165) is 5.56 Å². The minimum Gasteiger partial charge on any atom is -0.467 e. The summed E-state index contributed by atoms with van der Waals surface area (Å²) in [5.74, 6) is -0.356. The Morgan fingerprint density at radius 1 is 1.26 bits per heavy atom. The van der Waals surface area contributed by atoms with E-state index in [-0.39, 0.29) is 5.91 Å². The number of rotatable bonds is 5. The first kappa shape index (κ1) is 15.2. The molecule has 0 radical (unpaired) electrons. The van der Waals surface area contributed by atoms with E-state index in [9.17, 15) is 9.59 Å². The molecule has 0 aromatic heterocycles. The third-order valence-corrected chi connectivity index (χ3v) is 2.89.